The topological polar surface area (TPSA) is 67.9 Å². The molecule has 9 heteroatoms. The van der Waals surface area contributed by atoms with Gasteiger partial charge in [-0.15, -0.1) is 0 Å². The maximum Gasteiger partial charge on any atom is 0.285 e. The van der Waals surface area contributed by atoms with Gasteiger partial charge in [-0.2, -0.15) is 5.01 Å². The van der Waals surface area contributed by atoms with Gasteiger partial charge in [-0.05, 0) is 114 Å². The third-order valence-electron chi connectivity index (χ3n) is 6.00. The number of hydrogen-bond donors (Lipinski definition) is 1. The molecule has 3 aromatic carbocycles. The Bertz CT molecular complexity index is 1440. The summed E-state index contributed by atoms with van der Waals surface area (Å²) in [7, 11) is 0. The number of carbonyl (C=O) groups excluding carboxylic acids is 2. The number of thioether (sulfide) groups is 1. The van der Waals surface area contributed by atoms with Gasteiger partial charge >= 0.3 is 0 Å². The molecule has 1 saturated heterocycles. The van der Waals surface area contributed by atoms with Crippen molar-refractivity contribution in [1.29, 1.82) is 0 Å². The van der Waals surface area contributed by atoms with Crippen molar-refractivity contribution in [3.05, 3.63) is 97.4 Å². The van der Waals surface area contributed by atoms with Crippen molar-refractivity contribution < 1.29 is 19.1 Å². The highest BCUT2D eigenvalue weighted by Crippen LogP contribution is 2.40. The van der Waals surface area contributed by atoms with Crippen LogP contribution in [0.3, 0.4) is 0 Å². The fourth-order valence-electron chi connectivity index (χ4n) is 3.87. The minimum Gasteiger partial charge on any atom is -0.490 e. The summed E-state index contributed by atoms with van der Waals surface area (Å²) in [6, 6.07) is 16.6. The summed E-state index contributed by atoms with van der Waals surface area (Å²) in [6.45, 7) is 9.00. The van der Waals surface area contributed by atoms with Crippen LogP contribution in [0.15, 0.2) is 64.0 Å². The maximum absolute atomic E-state index is 13.1. The largest absolute Gasteiger partial charge is 0.490 e. The number of benzene rings is 3. The predicted molar refractivity (Wildman–Crippen MR) is 159 cm³/mol. The summed E-state index contributed by atoms with van der Waals surface area (Å²) in [5, 5.41) is 1.10. The Morgan fingerprint density at radius 1 is 1.05 bits per heavy atom. The van der Waals surface area contributed by atoms with Crippen LogP contribution >= 0.6 is 39.9 Å². The predicted octanol–water partition coefficient (Wildman–Crippen LogP) is 6.90. The van der Waals surface area contributed by atoms with E-state index in [1.54, 1.807) is 30.3 Å². The highest BCUT2D eigenvalue weighted by Gasteiger charge is 2.34. The number of halogens is 1. The van der Waals surface area contributed by atoms with Crippen LogP contribution in [-0.4, -0.2) is 27.8 Å². The zero-order chi connectivity index (χ0) is 27.4. The molecule has 0 atom stereocenters. The zero-order valence-electron chi connectivity index (χ0n) is 21.5. The van der Waals surface area contributed by atoms with Crippen LogP contribution in [0.2, 0.25) is 0 Å². The zero-order valence-corrected chi connectivity index (χ0v) is 24.7. The molecule has 196 valence electrons. The first-order valence-electron chi connectivity index (χ1n) is 12.0. The molecule has 38 heavy (non-hydrogen) atoms. The lowest BCUT2D eigenvalue weighted by Crippen LogP contribution is -2.44. The van der Waals surface area contributed by atoms with Crippen molar-refractivity contribution >= 4 is 62.1 Å². The first kappa shape index (κ1) is 27.9. The molecule has 1 heterocycles. The van der Waals surface area contributed by atoms with Crippen LogP contribution in [0.5, 0.6) is 11.5 Å². The molecule has 0 spiro atoms. The molecular formula is C29H27BrN2O4S2. The summed E-state index contributed by atoms with van der Waals surface area (Å²) >= 11 is 10.1. The highest BCUT2D eigenvalue weighted by atomic mass is 79.9. The van der Waals surface area contributed by atoms with E-state index in [0.29, 0.717) is 39.7 Å². The molecule has 0 aromatic heterocycles. The first-order valence-corrected chi connectivity index (χ1v) is 14.0. The monoisotopic (exact) mass is 610 g/mol. The van der Waals surface area contributed by atoms with Crippen molar-refractivity contribution in [2.75, 3.05) is 6.61 Å². The summed E-state index contributed by atoms with van der Waals surface area (Å²) in [5.41, 5.74) is 8.49. The molecule has 3 aromatic rings. The Kier molecular flexibility index (Phi) is 8.91. The first-order chi connectivity index (χ1) is 18.2. The Labute approximate surface area is 240 Å². The van der Waals surface area contributed by atoms with E-state index < -0.39 is 11.8 Å². The van der Waals surface area contributed by atoms with Crippen LogP contribution in [0.1, 0.15) is 45.1 Å². The van der Waals surface area contributed by atoms with Crippen LogP contribution in [0.4, 0.5) is 0 Å². The Morgan fingerprint density at radius 3 is 2.47 bits per heavy atom. The lowest BCUT2D eigenvalue weighted by molar-refractivity contribution is -0.123. The average molecular weight is 612 g/mol. The summed E-state index contributed by atoms with van der Waals surface area (Å²) in [6.07, 6.45) is 1.72. The second-order valence-corrected chi connectivity index (χ2v) is 11.3. The Balaban J connectivity index is 1.55. The van der Waals surface area contributed by atoms with E-state index >= 15 is 0 Å². The van der Waals surface area contributed by atoms with Gasteiger partial charge in [0.15, 0.2) is 15.8 Å². The number of hydrogen-bond acceptors (Lipinski definition) is 6. The lowest BCUT2D eigenvalue weighted by atomic mass is 10.0. The van der Waals surface area contributed by atoms with Crippen molar-refractivity contribution in [1.82, 2.24) is 10.4 Å². The van der Waals surface area contributed by atoms with Crippen molar-refractivity contribution in [3.63, 3.8) is 0 Å². The van der Waals surface area contributed by atoms with Gasteiger partial charge in [0, 0.05) is 5.56 Å². The van der Waals surface area contributed by atoms with Crippen molar-refractivity contribution in [2.24, 2.45) is 0 Å². The van der Waals surface area contributed by atoms with Gasteiger partial charge in [-0.1, -0.05) is 42.1 Å². The smallest absolute Gasteiger partial charge is 0.285 e. The van der Waals surface area contributed by atoms with E-state index in [9.17, 15) is 9.59 Å². The number of thiocarbonyl (C=S) groups is 1. The Morgan fingerprint density at radius 2 is 1.76 bits per heavy atom. The molecule has 1 aliphatic rings. The lowest BCUT2D eigenvalue weighted by Gasteiger charge is -2.16. The second-order valence-electron chi connectivity index (χ2n) is 8.74. The van der Waals surface area contributed by atoms with Crippen LogP contribution in [-0.2, 0) is 11.4 Å². The summed E-state index contributed by atoms with van der Waals surface area (Å²) in [4.78, 5) is 26.0. The van der Waals surface area contributed by atoms with E-state index in [-0.39, 0.29) is 4.32 Å². The molecule has 6 nitrogen and oxygen atoms in total. The SMILES string of the molecule is CCOc1cc(/C=C2/SC(=S)N(NC(=O)c3ccccc3)C2=O)cc(Br)c1OCc1cc(C)c(C)cc1C. The van der Waals surface area contributed by atoms with Gasteiger partial charge in [0.05, 0.1) is 16.0 Å². The minimum absolute atomic E-state index is 0.248. The van der Waals surface area contributed by atoms with E-state index in [2.05, 4.69) is 54.3 Å². The van der Waals surface area contributed by atoms with Gasteiger partial charge < -0.3 is 9.47 Å². The molecule has 4 rings (SSSR count). The van der Waals surface area contributed by atoms with Crippen LogP contribution in [0, 0.1) is 20.8 Å². The third kappa shape index (κ3) is 6.28. The molecular weight excluding hydrogens is 584 g/mol. The molecule has 1 N–H and O–H groups in total. The molecule has 0 unspecified atom stereocenters. The van der Waals surface area contributed by atoms with E-state index in [0.717, 1.165) is 27.9 Å². The molecule has 2 amide bonds. The van der Waals surface area contributed by atoms with Gasteiger partial charge in [-0.3, -0.25) is 15.0 Å². The van der Waals surface area contributed by atoms with E-state index in [1.807, 2.05) is 25.1 Å². The van der Waals surface area contributed by atoms with Gasteiger partial charge in [-0.25, -0.2) is 0 Å². The fraction of sp³-hybridized carbons (Fsp3) is 0.207. The Hall–Kier alpha value is -3.14. The molecule has 0 bridgehead atoms. The number of ether oxygens (including phenoxy) is 2. The molecule has 0 radical (unpaired) electrons. The number of carbonyl (C=O) groups is 2. The van der Waals surface area contributed by atoms with E-state index in [4.69, 9.17) is 21.7 Å². The quantitative estimate of drug-likeness (QED) is 0.221. The number of nitrogens with zero attached hydrogens (tertiary/aromatic N) is 1. The molecule has 0 aliphatic carbocycles. The maximum atomic E-state index is 13.1. The number of amides is 2. The van der Waals surface area contributed by atoms with Gasteiger partial charge in [0.25, 0.3) is 11.8 Å². The number of aryl methyl sites for hydroxylation is 3. The number of nitrogens with one attached hydrogen (secondary N) is 1. The second kappa shape index (κ2) is 12.1. The van der Waals surface area contributed by atoms with Crippen LogP contribution < -0.4 is 14.9 Å². The van der Waals surface area contributed by atoms with Gasteiger partial charge in [0.1, 0.15) is 6.61 Å². The highest BCUT2D eigenvalue weighted by molar-refractivity contribution is 9.10. The van der Waals surface area contributed by atoms with E-state index in [1.165, 1.54) is 16.7 Å². The summed E-state index contributed by atoms with van der Waals surface area (Å²) in [5.74, 6) is 0.334. The molecule has 1 fully saturated rings. The number of rotatable bonds is 8. The summed E-state index contributed by atoms with van der Waals surface area (Å²) < 4.78 is 13.0. The standard InChI is InChI=1S/C29H27BrN2O4S2/c1-5-35-24-14-20(13-23(30)26(24)36-16-22-12-18(3)17(2)11-19(22)4)15-25-28(34)32(29(37)38-25)31-27(33)21-9-7-6-8-10-21/h6-15H,5,16H2,1-4H3,(H,31,33)/b25-15+. The minimum atomic E-state index is -0.412. The fourth-order valence-corrected chi connectivity index (χ4v) is 5.62. The molecule has 1 aliphatic heterocycles. The van der Waals surface area contributed by atoms with Crippen molar-refractivity contribution in [3.8, 4) is 11.5 Å². The normalized spacial score (nSPS) is 14.2. The third-order valence-corrected chi connectivity index (χ3v) is 7.89. The van der Waals surface area contributed by atoms with Gasteiger partial charge in [0.2, 0.25) is 0 Å². The van der Waals surface area contributed by atoms with Crippen molar-refractivity contribution in [2.45, 2.75) is 34.3 Å². The average Bonchev–Trinajstić information content (AvgIpc) is 3.14. The number of hydrazine groups is 1. The van der Waals surface area contributed by atoms with Crippen LogP contribution in [0.25, 0.3) is 6.08 Å². The molecule has 0 saturated carbocycles.